The number of nitrogens with one attached hydrogen (secondary N) is 1. The predicted molar refractivity (Wildman–Crippen MR) is 95.4 cm³/mol. The van der Waals surface area contributed by atoms with Gasteiger partial charge in [-0.05, 0) is 38.1 Å². The van der Waals surface area contributed by atoms with Crippen molar-refractivity contribution in [3.8, 4) is 0 Å². The summed E-state index contributed by atoms with van der Waals surface area (Å²) in [4.78, 5) is 21.6. The number of pyridine rings is 1. The molecule has 0 saturated carbocycles. The van der Waals surface area contributed by atoms with Crippen molar-refractivity contribution in [2.24, 2.45) is 0 Å². The molecule has 4 rings (SSSR count). The van der Waals surface area contributed by atoms with Crippen molar-refractivity contribution in [3.63, 3.8) is 0 Å². The van der Waals surface area contributed by atoms with Crippen LogP contribution >= 0.6 is 0 Å². The molecule has 6 heteroatoms. The van der Waals surface area contributed by atoms with Crippen LogP contribution in [0.5, 0.6) is 0 Å². The number of hydrogen-bond donors (Lipinski definition) is 1. The Balaban J connectivity index is 1.65. The van der Waals surface area contributed by atoms with Crippen LogP contribution in [0, 0.1) is 13.8 Å². The fraction of sp³-hybridized carbons (Fsp3) is 0.158. The van der Waals surface area contributed by atoms with Crippen LogP contribution in [0.4, 0.5) is 0 Å². The molecule has 1 N–H and O–H groups in total. The van der Waals surface area contributed by atoms with Crippen LogP contribution < -0.4 is 5.32 Å². The first kappa shape index (κ1) is 15.3. The highest BCUT2D eigenvalue weighted by atomic mass is 16.1. The van der Waals surface area contributed by atoms with Crippen LogP contribution in [0.15, 0.2) is 48.9 Å². The van der Waals surface area contributed by atoms with Crippen LogP contribution in [0.2, 0.25) is 0 Å². The first-order chi connectivity index (χ1) is 12.1. The third kappa shape index (κ3) is 2.82. The average molecular weight is 331 g/mol. The van der Waals surface area contributed by atoms with Gasteiger partial charge in [0.05, 0.1) is 17.3 Å². The molecule has 25 heavy (non-hydrogen) atoms. The third-order valence-corrected chi connectivity index (χ3v) is 4.13. The van der Waals surface area contributed by atoms with Crippen molar-refractivity contribution in [1.82, 2.24) is 24.9 Å². The van der Waals surface area contributed by atoms with E-state index in [0.717, 1.165) is 33.4 Å². The second-order valence-corrected chi connectivity index (χ2v) is 6.07. The van der Waals surface area contributed by atoms with Gasteiger partial charge in [-0.1, -0.05) is 11.6 Å². The topological polar surface area (TPSA) is 72.2 Å². The molecule has 0 saturated heterocycles. The standard InChI is InChI=1S/C19H17N5O/c1-12-4-5-17-15(8-12)16(9-13(2)23-17)19(25)21-10-14-11-22-24-7-3-6-20-18(14)24/h3-9,11H,10H2,1-2H3,(H,21,25). The number of nitrogens with zero attached hydrogens (tertiary/aromatic N) is 4. The second kappa shape index (κ2) is 5.98. The van der Waals surface area contributed by atoms with E-state index in [4.69, 9.17) is 0 Å². The van der Waals surface area contributed by atoms with Crippen LogP contribution in [0.1, 0.15) is 27.2 Å². The van der Waals surface area contributed by atoms with Crippen molar-refractivity contribution >= 4 is 22.5 Å². The van der Waals surface area contributed by atoms with Gasteiger partial charge in [-0.25, -0.2) is 9.50 Å². The lowest BCUT2D eigenvalue weighted by Crippen LogP contribution is -2.23. The number of benzene rings is 1. The van der Waals surface area contributed by atoms with E-state index in [-0.39, 0.29) is 5.91 Å². The Morgan fingerprint density at radius 2 is 2.12 bits per heavy atom. The highest BCUT2D eigenvalue weighted by molar-refractivity contribution is 6.06. The van der Waals surface area contributed by atoms with Crippen molar-refractivity contribution < 1.29 is 4.79 Å². The zero-order chi connectivity index (χ0) is 17.4. The van der Waals surface area contributed by atoms with Crippen LogP contribution in [0.3, 0.4) is 0 Å². The van der Waals surface area contributed by atoms with E-state index >= 15 is 0 Å². The smallest absolute Gasteiger partial charge is 0.252 e. The Morgan fingerprint density at radius 3 is 3.00 bits per heavy atom. The Labute approximate surface area is 144 Å². The molecule has 3 heterocycles. The van der Waals surface area contributed by atoms with E-state index in [0.29, 0.717) is 12.1 Å². The molecule has 3 aromatic heterocycles. The lowest BCUT2D eigenvalue weighted by atomic mass is 10.0. The number of fused-ring (bicyclic) bond motifs is 2. The number of amides is 1. The number of aryl methyl sites for hydroxylation is 2. The zero-order valence-corrected chi connectivity index (χ0v) is 14.0. The highest BCUT2D eigenvalue weighted by Gasteiger charge is 2.13. The molecule has 124 valence electrons. The fourth-order valence-electron chi connectivity index (χ4n) is 2.93. The third-order valence-electron chi connectivity index (χ3n) is 4.13. The van der Waals surface area contributed by atoms with E-state index in [1.54, 1.807) is 16.9 Å². The molecule has 1 aromatic carbocycles. The van der Waals surface area contributed by atoms with Crippen LogP contribution in [0.25, 0.3) is 16.6 Å². The summed E-state index contributed by atoms with van der Waals surface area (Å²) in [6, 6.07) is 9.58. The SMILES string of the molecule is Cc1ccc2nc(C)cc(C(=O)NCc3cnn4cccnc34)c2c1. The molecule has 0 bridgehead atoms. The molecule has 1 amide bonds. The molecule has 0 aliphatic heterocycles. The number of rotatable bonds is 3. The molecule has 0 unspecified atom stereocenters. The van der Waals surface area contributed by atoms with Gasteiger partial charge in [-0.15, -0.1) is 0 Å². The van der Waals surface area contributed by atoms with Crippen molar-refractivity contribution in [3.05, 3.63) is 71.3 Å². The van der Waals surface area contributed by atoms with Gasteiger partial charge in [-0.2, -0.15) is 5.10 Å². The minimum absolute atomic E-state index is 0.128. The van der Waals surface area contributed by atoms with Crippen molar-refractivity contribution in [1.29, 1.82) is 0 Å². The quantitative estimate of drug-likeness (QED) is 0.626. The number of hydrogen-bond acceptors (Lipinski definition) is 4. The number of carbonyl (C=O) groups excluding carboxylic acids is 1. The molecule has 0 aliphatic carbocycles. The number of carbonyl (C=O) groups is 1. The van der Waals surface area contributed by atoms with E-state index < -0.39 is 0 Å². The van der Waals surface area contributed by atoms with Crippen molar-refractivity contribution in [2.45, 2.75) is 20.4 Å². The molecular weight excluding hydrogens is 314 g/mol. The van der Waals surface area contributed by atoms with Crippen LogP contribution in [-0.2, 0) is 6.54 Å². The Kier molecular flexibility index (Phi) is 3.65. The summed E-state index contributed by atoms with van der Waals surface area (Å²) >= 11 is 0. The Bertz CT molecular complexity index is 1100. The van der Waals surface area contributed by atoms with Gasteiger partial charge in [0.25, 0.3) is 5.91 Å². The van der Waals surface area contributed by atoms with Crippen LogP contribution in [-0.4, -0.2) is 25.5 Å². The molecule has 0 spiro atoms. The normalized spacial score (nSPS) is 11.1. The Hall–Kier alpha value is -3.28. The summed E-state index contributed by atoms with van der Waals surface area (Å²) in [5, 5.41) is 8.07. The van der Waals surface area contributed by atoms with E-state index in [1.165, 1.54) is 0 Å². The van der Waals surface area contributed by atoms with Gasteiger partial charge in [0, 0.05) is 35.6 Å². The van der Waals surface area contributed by atoms with Gasteiger partial charge in [0.1, 0.15) is 0 Å². The maximum Gasteiger partial charge on any atom is 0.252 e. The van der Waals surface area contributed by atoms with Gasteiger partial charge in [0.2, 0.25) is 0 Å². The second-order valence-electron chi connectivity index (χ2n) is 6.07. The van der Waals surface area contributed by atoms with Gasteiger partial charge in [-0.3, -0.25) is 9.78 Å². The summed E-state index contributed by atoms with van der Waals surface area (Å²) < 4.78 is 1.69. The molecule has 6 nitrogen and oxygen atoms in total. The zero-order valence-electron chi connectivity index (χ0n) is 14.0. The van der Waals surface area contributed by atoms with Gasteiger partial charge in [0.15, 0.2) is 5.65 Å². The molecular formula is C19H17N5O. The Morgan fingerprint density at radius 1 is 1.24 bits per heavy atom. The summed E-state index contributed by atoms with van der Waals surface area (Å²) in [7, 11) is 0. The monoisotopic (exact) mass is 331 g/mol. The number of aromatic nitrogens is 4. The first-order valence-corrected chi connectivity index (χ1v) is 8.05. The minimum Gasteiger partial charge on any atom is -0.348 e. The molecule has 0 fully saturated rings. The maximum atomic E-state index is 12.8. The fourth-order valence-corrected chi connectivity index (χ4v) is 2.93. The van der Waals surface area contributed by atoms with Gasteiger partial charge >= 0.3 is 0 Å². The van der Waals surface area contributed by atoms with E-state index in [1.807, 2.05) is 50.4 Å². The largest absolute Gasteiger partial charge is 0.348 e. The predicted octanol–water partition coefficient (Wildman–Crippen LogP) is 2.82. The first-order valence-electron chi connectivity index (χ1n) is 8.05. The van der Waals surface area contributed by atoms with E-state index in [2.05, 4.69) is 20.4 Å². The van der Waals surface area contributed by atoms with Gasteiger partial charge < -0.3 is 5.32 Å². The maximum absolute atomic E-state index is 12.8. The molecule has 0 aliphatic rings. The summed E-state index contributed by atoms with van der Waals surface area (Å²) in [5.41, 5.74) is 5.00. The summed E-state index contributed by atoms with van der Waals surface area (Å²) in [6.45, 7) is 4.27. The lowest BCUT2D eigenvalue weighted by Gasteiger charge is -2.09. The van der Waals surface area contributed by atoms with Crippen molar-refractivity contribution in [2.75, 3.05) is 0 Å². The average Bonchev–Trinajstić information content (AvgIpc) is 3.02. The molecule has 0 atom stereocenters. The lowest BCUT2D eigenvalue weighted by molar-refractivity contribution is 0.0952. The minimum atomic E-state index is -0.128. The summed E-state index contributed by atoms with van der Waals surface area (Å²) in [5.74, 6) is -0.128. The highest BCUT2D eigenvalue weighted by Crippen LogP contribution is 2.20. The molecule has 4 aromatic rings. The van der Waals surface area contributed by atoms with E-state index in [9.17, 15) is 4.79 Å². The summed E-state index contributed by atoms with van der Waals surface area (Å²) in [6.07, 6.45) is 5.27. The molecule has 0 radical (unpaired) electrons.